The minimum atomic E-state index is -3.80. The van der Waals surface area contributed by atoms with Crippen LogP contribution in [0.2, 0.25) is 0 Å². The van der Waals surface area contributed by atoms with Crippen molar-refractivity contribution in [1.82, 2.24) is 14.5 Å². The molecule has 0 radical (unpaired) electrons. The summed E-state index contributed by atoms with van der Waals surface area (Å²) in [6.07, 6.45) is 0.428. The second-order valence-corrected chi connectivity index (χ2v) is 10.5. The van der Waals surface area contributed by atoms with Crippen molar-refractivity contribution in [3.05, 3.63) is 29.8 Å². The summed E-state index contributed by atoms with van der Waals surface area (Å²) in [6.45, 7) is 12.1. The van der Waals surface area contributed by atoms with Crippen LogP contribution in [0.1, 0.15) is 39.7 Å². The SMILES string of the molecule is Cc1ccc(S(=O)(=O)NC(CC(C)C)C(=O)N2CCN(C(C#N)C(C)C)CC2)cc1. The number of nitrogens with one attached hydrogen (secondary N) is 1. The number of sulfonamides is 1. The van der Waals surface area contributed by atoms with E-state index in [-0.39, 0.29) is 28.7 Å². The molecule has 2 unspecified atom stereocenters. The van der Waals surface area contributed by atoms with Crippen LogP contribution < -0.4 is 4.72 Å². The van der Waals surface area contributed by atoms with Crippen LogP contribution in [0, 0.1) is 30.1 Å². The van der Waals surface area contributed by atoms with E-state index >= 15 is 0 Å². The van der Waals surface area contributed by atoms with E-state index in [2.05, 4.69) is 15.7 Å². The molecule has 0 aromatic heterocycles. The molecule has 0 bridgehead atoms. The van der Waals surface area contributed by atoms with Crippen LogP contribution in [0.15, 0.2) is 29.2 Å². The minimum absolute atomic E-state index is 0.157. The monoisotopic (exact) mass is 434 g/mol. The van der Waals surface area contributed by atoms with E-state index in [1.165, 1.54) is 0 Å². The summed E-state index contributed by atoms with van der Waals surface area (Å²) < 4.78 is 28.3. The van der Waals surface area contributed by atoms with Gasteiger partial charge in [-0.15, -0.1) is 0 Å². The Morgan fingerprint density at radius 3 is 2.13 bits per heavy atom. The Morgan fingerprint density at radius 1 is 1.10 bits per heavy atom. The molecule has 1 aliphatic rings. The first-order valence-electron chi connectivity index (χ1n) is 10.6. The van der Waals surface area contributed by atoms with Crippen LogP contribution in [0.25, 0.3) is 0 Å². The summed E-state index contributed by atoms with van der Waals surface area (Å²) in [5.41, 5.74) is 0.971. The molecule has 1 aromatic rings. The molecule has 7 nitrogen and oxygen atoms in total. The highest BCUT2D eigenvalue weighted by molar-refractivity contribution is 7.89. The van der Waals surface area contributed by atoms with Gasteiger partial charge >= 0.3 is 0 Å². The van der Waals surface area contributed by atoms with Crippen molar-refractivity contribution in [1.29, 1.82) is 5.26 Å². The lowest BCUT2D eigenvalue weighted by Crippen LogP contribution is -2.57. The highest BCUT2D eigenvalue weighted by atomic mass is 32.2. The average Bonchev–Trinajstić information content (AvgIpc) is 2.67. The number of nitriles is 1. The summed E-state index contributed by atoms with van der Waals surface area (Å²) in [5, 5.41) is 9.42. The Kier molecular flexibility index (Phi) is 8.42. The smallest absolute Gasteiger partial charge is 0.241 e. The standard InChI is InChI=1S/C22H34N4O3S/c1-16(2)14-20(24-30(28,29)19-8-6-18(5)7-9-19)22(27)26-12-10-25(11-13-26)21(15-23)17(3)4/h6-9,16-17,20-21,24H,10-14H2,1-5H3. The van der Waals surface area contributed by atoms with E-state index in [1.54, 1.807) is 29.2 Å². The predicted molar refractivity (Wildman–Crippen MR) is 117 cm³/mol. The normalized spacial score (nSPS) is 17.7. The van der Waals surface area contributed by atoms with Gasteiger partial charge in [0.2, 0.25) is 15.9 Å². The number of hydrogen-bond donors (Lipinski definition) is 1. The molecule has 0 spiro atoms. The first-order chi connectivity index (χ1) is 14.0. The molecular formula is C22H34N4O3S. The van der Waals surface area contributed by atoms with Gasteiger partial charge in [0.15, 0.2) is 0 Å². The molecule has 0 aliphatic carbocycles. The van der Waals surface area contributed by atoms with E-state index in [9.17, 15) is 18.5 Å². The maximum atomic E-state index is 13.2. The lowest BCUT2D eigenvalue weighted by Gasteiger charge is -2.39. The number of carbonyl (C=O) groups excluding carboxylic acids is 1. The molecule has 1 aromatic carbocycles. The molecule has 8 heteroatoms. The number of piperazine rings is 1. The maximum absolute atomic E-state index is 13.2. The van der Waals surface area contributed by atoms with Crippen molar-refractivity contribution in [2.24, 2.45) is 11.8 Å². The molecule has 1 fully saturated rings. The van der Waals surface area contributed by atoms with Crippen LogP contribution in [0.4, 0.5) is 0 Å². The fourth-order valence-electron chi connectivity index (χ4n) is 3.74. The van der Waals surface area contributed by atoms with E-state index < -0.39 is 16.1 Å². The zero-order valence-corrected chi connectivity index (χ0v) is 19.4. The summed E-state index contributed by atoms with van der Waals surface area (Å²) in [4.78, 5) is 17.2. The van der Waals surface area contributed by atoms with E-state index in [4.69, 9.17) is 0 Å². The third-order valence-corrected chi connectivity index (χ3v) is 6.90. The Morgan fingerprint density at radius 2 is 1.67 bits per heavy atom. The molecule has 1 amide bonds. The number of hydrogen-bond acceptors (Lipinski definition) is 5. The Hall–Kier alpha value is -1.95. The Bertz CT molecular complexity index is 851. The van der Waals surface area contributed by atoms with Crippen LogP contribution >= 0.6 is 0 Å². The van der Waals surface area contributed by atoms with Gasteiger partial charge in [0, 0.05) is 26.2 Å². The number of rotatable bonds is 8. The second kappa shape index (κ2) is 10.4. The number of aryl methyl sites for hydroxylation is 1. The van der Waals surface area contributed by atoms with E-state index in [1.807, 2.05) is 34.6 Å². The second-order valence-electron chi connectivity index (χ2n) is 8.80. The number of benzene rings is 1. The third-order valence-electron chi connectivity index (χ3n) is 5.42. The number of amides is 1. The zero-order chi connectivity index (χ0) is 22.5. The largest absolute Gasteiger partial charge is 0.339 e. The van der Waals surface area contributed by atoms with Crippen molar-refractivity contribution >= 4 is 15.9 Å². The van der Waals surface area contributed by atoms with Crippen LogP contribution in [0.5, 0.6) is 0 Å². The molecule has 1 aliphatic heterocycles. The van der Waals surface area contributed by atoms with E-state index in [0.717, 1.165) is 5.56 Å². The zero-order valence-electron chi connectivity index (χ0n) is 18.6. The van der Waals surface area contributed by atoms with Crippen LogP contribution in [0.3, 0.4) is 0 Å². The van der Waals surface area contributed by atoms with Crippen molar-refractivity contribution in [3.63, 3.8) is 0 Å². The lowest BCUT2D eigenvalue weighted by molar-refractivity contribution is -0.135. The summed E-state index contributed by atoms with van der Waals surface area (Å²) in [6, 6.07) is 7.97. The highest BCUT2D eigenvalue weighted by Gasteiger charge is 2.33. The van der Waals surface area contributed by atoms with Gasteiger partial charge in [0.25, 0.3) is 0 Å². The summed E-state index contributed by atoms with van der Waals surface area (Å²) in [5.74, 6) is 0.175. The lowest BCUT2D eigenvalue weighted by atomic mass is 10.0. The molecule has 166 valence electrons. The average molecular weight is 435 g/mol. The van der Waals surface area contributed by atoms with E-state index in [0.29, 0.717) is 32.6 Å². The van der Waals surface area contributed by atoms with Gasteiger partial charge in [-0.1, -0.05) is 45.4 Å². The fraction of sp³-hybridized carbons (Fsp3) is 0.636. The first kappa shape index (κ1) is 24.3. The molecule has 1 N–H and O–H groups in total. The van der Waals surface area contributed by atoms with Gasteiger partial charge in [0.05, 0.1) is 11.0 Å². The topological polar surface area (TPSA) is 93.5 Å². The van der Waals surface area contributed by atoms with Crippen molar-refractivity contribution < 1.29 is 13.2 Å². The highest BCUT2D eigenvalue weighted by Crippen LogP contribution is 2.17. The molecule has 0 saturated carbocycles. The fourth-order valence-corrected chi connectivity index (χ4v) is 4.94. The molecule has 1 heterocycles. The third kappa shape index (κ3) is 6.27. The quantitative estimate of drug-likeness (QED) is 0.678. The van der Waals surface area contributed by atoms with Gasteiger partial charge in [0.1, 0.15) is 12.1 Å². The van der Waals surface area contributed by atoms with Crippen molar-refractivity contribution in [3.8, 4) is 6.07 Å². The molecule has 30 heavy (non-hydrogen) atoms. The maximum Gasteiger partial charge on any atom is 0.241 e. The van der Waals surface area contributed by atoms with Crippen LogP contribution in [-0.2, 0) is 14.8 Å². The Labute approximate surface area is 181 Å². The van der Waals surface area contributed by atoms with Crippen LogP contribution in [-0.4, -0.2) is 62.4 Å². The Balaban J connectivity index is 2.11. The number of nitrogens with zero attached hydrogens (tertiary/aromatic N) is 3. The van der Waals surface area contributed by atoms with Gasteiger partial charge < -0.3 is 4.90 Å². The molecular weight excluding hydrogens is 400 g/mol. The van der Waals surface area contributed by atoms with Crippen molar-refractivity contribution in [2.45, 2.75) is 58.0 Å². The summed E-state index contributed by atoms with van der Waals surface area (Å²) in [7, 11) is -3.80. The molecule has 2 rings (SSSR count). The van der Waals surface area contributed by atoms with Gasteiger partial charge in [-0.3, -0.25) is 9.69 Å². The predicted octanol–water partition coefficient (Wildman–Crippen LogP) is 2.38. The van der Waals surface area contributed by atoms with Gasteiger partial charge in [-0.25, -0.2) is 8.42 Å². The molecule has 2 atom stereocenters. The van der Waals surface area contributed by atoms with Crippen molar-refractivity contribution in [2.75, 3.05) is 26.2 Å². The number of carbonyl (C=O) groups is 1. The minimum Gasteiger partial charge on any atom is -0.339 e. The molecule has 1 saturated heterocycles. The first-order valence-corrected chi connectivity index (χ1v) is 12.0. The van der Waals surface area contributed by atoms with Gasteiger partial charge in [-0.05, 0) is 37.3 Å². The van der Waals surface area contributed by atoms with Gasteiger partial charge in [-0.2, -0.15) is 9.98 Å². The summed E-state index contributed by atoms with van der Waals surface area (Å²) >= 11 is 0.